The summed E-state index contributed by atoms with van der Waals surface area (Å²) in [6, 6.07) is 9.46. The van der Waals surface area contributed by atoms with Crippen molar-refractivity contribution < 1.29 is 4.79 Å². The minimum atomic E-state index is -0.0617. The average Bonchev–Trinajstić information content (AvgIpc) is 2.93. The molecule has 130 valence electrons. The number of nitrogens with zero attached hydrogens (tertiary/aromatic N) is 3. The zero-order chi connectivity index (χ0) is 17.7. The molecule has 2 bridgehead atoms. The molecule has 1 aromatic carbocycles. The standard InChI is InChI=1S/C19H22N4OS/c1-18(2)13-9-10-19(18,3)16-15(13)22-23-17(21-16)25-11-14(24)20-12-7-5-4-6-8-12/h4-8,13H,9-11H2,1-3H3,(H,20,24)/t13-,19+/m0/s1. The Morgan fingerprint density at radius 3 is 2.76 bits per heavy atom. The van der Waals surface area contributed by atoms with Crippen molar-refractivity contribution in [1.29, 1.82) is 0 Å². The van der Waals surface area contributed by atoms with Gasteiger partial charge in [-0.05, 0) is 30.4 Å². The maximum atomic E-state index is 12.1. The lowest BCUT2D eigenvalue weighted by Gasteiger charge is -2.33. The van der Waals surface area contributed by atoms with Crippen molar-refractivity contribution >= 4 is 23.4 Å². The Bertz CT molecular complexity index is 823. The van der Waals surface area contributed by atoms with Crippen molar-refractivity contribution in [1.82, 2.24) is 15.2 Å². The minimum absolute atomic E-state index is 0.0601. The van der Waals surface area contributed by atoms with Crippen LogP contribution in [0.2, 0.25) is 0 Å². The summed E-state index contributed by atoms with van der Waals surface area (Å²) in [6.07, 6.45) is 2.31. The zero-order valence-electron chi connectivity index (χ0n) is 14.7. The summed E-state index contributed by atoms with van der Waals surface area (Å²) in [5.41, 5.74) is 3.19. The molecule has 6 heteroatoms. The lowest BCUT2D eigenvalue weighted by atomic mass is 9.70. The second-order valence-corrected chi connectivity index (χ2v) is 8.62. The number of carbonyl (C=O) groups excluding carboxylic acids is 1. The third-order valence-corrected chi connectivity index (χ3v) is 7.00. The third kappa shape index (κ3) is 2.54. The number of benzene rings is 1. The molecule has 1 saturated carbocycles. The molecule has 4 rings (SSSR count). The number of anilines is 1. The van der Waals surface area contributed by atoms with Gasteiger partial charge in [0.15, 0.2) is 0 Å². The summed E-state index contributed by atoms with van der Waals surface area (Å²) < 4.78 is 0. The lowest BCUT2D eigenvalue weighted by Crippen LogP contribution is -2.32. The molecule has 0 spiro atoms. The molecule has 1 fully saturated rings. The van der Waals surface area contributed by atoms with Gasteiger partial charge >= 0.3 is 0 Å². The Morgan fingerprint density at radius 1 is 1.24 bits per heavy atom. The first-order chi connectivity index (χ1) is 11.9. The van der Waals surface area contributed by atoms with Gasteiger partial charge in [0.05, 0.1) is 17.1 Å². The number of aromatic nitrogens is 3. The number of thioether (sulfide) groups is 1. The van der Waals surface area contributed by atoms with Crippen LogP contribution in [0.15, 0.2) is 35.5 Å². The van der Waals surface area contributed by atoms with E-state index in [1.165, 1.54) is 18.2 Å². The molecule has 2 aromatic rings. The first-order valence-electron chi connectivity index (χ1n) is 8.64. The van der Waals surface area contributed by atoms with Gasteiger partial charge in [0.2, 0.25) is 11.1 Å². The molecule has 1 amide bonds. The van der Waals surface area contributed by atoms with Crippen LogP contribution in [-0.2, 0) is 10.2 Å². The van der Waals surface area contributed by atoms with Gasteiger partial charge in [0.25, 0.3) is 0 Å². The summed E-state index contributed by atoms with van der Waals surface area (Å²) in [7, 11) is 0. The van der Waals surface area contributed by atoms with E-state index in [9.17, 15) is 4.79 Å². The Labute approximate surface area is 152 Å². The first kappa shape index (κ1) is 16.5. The molecule has 1 aromatic heterocycles. The predicted molar refractivity (Wildman–Crippen MR) is 98.7 cm³/mol. The van der Waals surface area contributed by atoms with Crippen LogP contribution in [0, 0.1) is 5.41 Å². The van der Waals surface area contributed by atoms with Gasteiger partial charge in [0, 0.05) is 17.0 Å². The number of para-hydroxylation sites is 1. The smallest absolute Gasteiger partial charge is 0.234 e. The van der Waals surface area contributed by atoms with E-state index in [1.807, 2.05) is 30.3 Å². The quantitative estimate of drug-likeness (QED) is 0.847. The average molecular weight is 354 g/mol. The SMILES string of the molecule is CC1(C)[C@H]2CC[C@]1(C)c1nc(SCC(=O)Nc3ccccc3)nnc12. The maximum absolute atomic E-state index is 12.1. The third-order valence-electron chi connectivity index (χ3n) is 6.16. The van der Waals surface area contributed by atoms with E-state index < -0.39 is 0 Å². The van der Waals surface area contributed by atoms with Gasteiger partial charge in [-0.25, -0.2) is 4.98 Å². The Hall–Kier alpha value is -1.95. The van der Waals surface area contributed by atoms with Gasteiger partial charge in [-0.1, -0.05) is 50.7 Å². The van der Waals surface area contributed by atoms with Gasteiger partial charge in [-0.3, -0.25) is 4.79 Å². The molecule has 1 heterocycles. The zero-order valence-corrected chi connectivity index (χ0v) is 15.6. The Kier molecular flexibility index (Phi) is 3.83. The summed E-state index contributed by atoms with van der Waals surface area (Å²) in [6.45, 7) is 6.92. The lowest BCUT2D eigenvalue weighted by molar-refractivity contribution is -0.113. The molecule has 0 aliphatic heterocycles. The highest BCUT2D eigenvalue weighted by molar-refractivity contribution is 7.99. The molecular weight excluding hydrogens is 332 g/mol. The van der Waals surface area contributed by atoms with Crippen LogP contribution in [0.3, 0.4) is 0 Å². The van der Waals surface area contributed by atoms with Crippen molar-refractivity contribution in [3.63, 3.8) is 0 Å². The predicted octanol–water partition coefficient (Wildman–Crippen LogP) is 3.78. The normalized spacial score (nSPS) is 25.6. The second kappa shape index (κ2) is 5.80. The van der Waals surface area contributed by atoms with E-state index in [0.29, 0.717) is 11.1 Å². The molecule has 0 saturated heterocycles. The number of hydrogen-bond donors (Lipinski definition) is 1. The fourth-order valence-electron chi connectivity index (χ4n) is 4.27. The summed E-state index contributed by atoms with van der Waals surface area (Å²) in [4.78, 5) is 16.9. The topological polar surface area (TPSA) is 67.8 Å². The van der Waals surface area contributed by atoms with Crippen LogP contribution in [0.5, 0.6) is 0 Å². The molecule has 0 radical (unpaired) electrons. The van der Waals surface area contributed by atoms with Crippen molar-refractivity contribution in [2.75, 3.05) is 11.1 Å². The Morgan fingerprint density at radius 2 is 2.00 bits per heavy atom. The highest BCUT2D eigenvalue weighted by atomic mass is 32.2. The Balaban J connectivity index is 1.47. The molecule has 5 nitrogen and oxygen atoms in total. The highest BCUT2D eigenvalue weighted by Gasteiger charge is 2.61. The number of nitrogens with one attached hydrogen (secondary N) is 1. The molecule has 0 unspecified atom stereocenters. The monoisotopic (exact) mass is 354 g/mol. The molecular formula is C19H22N4OS. The summed E-state index contributed by atoms with van der Waals surface area (Å²) in [5, 5.41) is 12.2. The molecule has 1 N–H and O–H groups in total. The number of amides is 1. The number of rotatable bonds is 4. The number of carbonyl (C=O) groups is 1. The van der Waals surface area contributed by atoms with E-state index in [-0.39, 0.29) is 22.5 Å². The second-order valence-electron chi connectivity index (χ2n) is 7.68. The van der Waals surface area contributed by atoms with Crippen LogP contribution >= 0.6 is 11.8 Å². The van der Waals surface area contributed by atoms with Crippen LogP contribution < -0.4 is 5.32 Å². The van der Waals surface area contributed by atoms with E-state index in [1.54, 1.807) is 0 Å². The summed E-state index contributed by atoms with van der Waals surface area (Å²) in [5.74, 6) is 0.667. The van der Waals surface area contributed by atoms with Crippen molar-refractivity contribution in [3.8, 4) is 0 Å². The number of hydrogen-bond acceptors (Lipinski definition) is 5. The van der Waals surface area contributed by atoms with Gasteiger partial charge in [0.1, 0.15) is 0 Å². The van der Waals surface area contributed by atoms with Gasteiger partial charge < -0.3 is 5.32 Å². The van der Waals surface area contributed by atoms with E-state index in [0.717, 1.165) is 23.5 Å². The van der Waals surface area contributed by atoms with Crippen LogP contribution in [0.1, 0.15) is 50.9 Å². The van der Waals surface area contributed by atoms with Gasteiger partial charge in [-0.15, -0.1) is 5.10 Å². The molecule has 25 heavy (non-hydrogen) atoms. The molecule has 2 aliphatic rings. The summed E-state index contributed by atoms with van der Waals surface area (Å²) >= 11 is 1.34. The highest BCUT2D eigenvalue weighted by Crippen LogP contribution is 2.66. The van der Waals surface area contributed by atoms with E-state index in [4.69, 9.17) is 4.98 Å². The number of fused-ring (bicyclic) bond motifs is 5. The van der Waals surface area contributed by atoms with Crippen molar-refractivity contribution in [2.45, 2.75) is 50.1 Å². The van der Waals surface area contributed by atoms with Crippen LogP contribution in [0.25, 0.3) is 0 Å². The van der Waals surface area contributed by atoms with Crippen molar-refractivity contribution in [2.24, 2.45) is 5.41 Å². The van der Waals surface area contributed by atoms with Crippen LogP contribution in [-0.4, -0.2) is 26.8 Å². The largest absolute Gasteiger partial charge is 0.325 e. The first-order valence-corrected chi connectivity index (χ1v) is 9.63. The van der Waals surface area contributed by atoms with Crippen LogP contribution in [0.4, 0.5) is 5.69 Å². The minimum Gasteiger partial charge on any atom is -0.325 e. The maximum Gasteiger partial charge on any atom is 0.234 e. The molecule has 2 atom stereocenters. The van der Waals surface area contributed by atoms with E-state index in [2.05, 4.69) is 36.3 Å². The molecule has 2 aliphatic carbocycles. The van der Waals surface area contributed by atoms with Crippen molar-refractivity contribution in [3.05, 3.63) is 41.7 Å². The van der Waals surface area contributed by atoms with Gasteiger partial charge in [-0.2, -0.15) is 5.10 Å². The fraction of sp³-hybridized carbons (Fsp3) is 0.474. The van der Waals surface area contributed by atoms with E-state index >= 15 is 0 Å². The fourth-order valence-corrected chi connectivity index (χ4v) is 4.86.